The van der Waals surface area contributed by atoms with E-state index in [0.29, 0.717) is 11.1 Å². The molecule has 1 aliphatic rings. The van der Waals surface area contributed by atoms with Gasteiger partial charge in [-0.15, -0.1) is 0 Å². The maximum absolute atomic E-state index is 9.39. The van der Waals surface area contributed by atoms with E-state index >= 15 is 0 Å². The first-order valence-electron chi connectivity index (χ1n) is 17.5. The number of rotatable bonds is 6. The van der Waals surface area contributed by atoms with Gasteiger partial charge in [-0.25, -0.2) is 0 Å². The van der Waals surface area contributed by atoms with E-state index in [-0.39, 0.29) is 0 Å². The van der Waals surface area contributed by atoms with Gasteiger partial charge in [-0.2, -0.15) is 10.5 Å². The van der Waals surface area contributed by atoms with Gasteiger partial charge < -0.3 is 0 Å². The maximum Gasteiger partial charge on any atom is 0.101 e. The minimum absolute atomic E-state index is 0.544. The Morgan fingerprint density at radius 1 is 0.358 bits per heavy atom. The maximum atomic E-state index is 9.39. The first-order valence-corrected chi connectivity index (χ1v) is 17.5. The highest BCUT2D eigenvalue weighted by molar-refractivity contribution is 5.90. The average Bonchev–Trinajstić information content (AvgIpc) is 3.54. The van der Waals surface area contributed by atoms with Crippen LogP contribution in [0.4, 0.5) is 0 Å². The summed E-state index contributed by atoms with van der Waals surface area (Å²) in [5, 5.41) is 18.8. The molecule has 4 heteroatoms. The summed E-state index contributed by atoms with van der Waals surface area (Å²) in [6.07, 6.45) is 6.76. The zero-order chi connectivity index (χ0) is 35.8. The van der Waals surface area contributed by atoms with Gasteiger partial charge in [-0.3, -0.25) is 9.97 Å². The summed E-state index contributed by atoms with van der Waals surface area (Å²) >= 11 is 0. The Morgan fingerprint density at radius 2 is 0.717 bits per heavy atom. The lowest BCUT2D eigenvalue weighted by Crippen LogP contribution is -2.28. The lowest BCUT2D eigenvalue weighted by Gasteiger charge is -2.34. The first kappa shape index (κ1) is 31.6. The molecule has 0 spiro atoms. The van der Waals surface area contributed by atoms with E-state index in [4.69, 9.17) is 0 Å². The normalized spacial score (nSPS) is 12.3. The predicted molar refractivity (Wildman–Crippen MR) is 211 cm³/mol. The van der Waals surface area contributed by atoms with Crippen molar-refractivity contribution in [1.82, 2.24) is 9.97 Å². The highest BCUT2D eigenvalue weighted by Crippen LogP contribution is 2.57. The molecular weight excluding hydrogens is 645 g/mol. The fraction of sp³-hybridized carbons (Fsp3) is 0.0204. The van der Waals surface area contributed by atoms with Gasteiger partial charge in [-0.05, 0) is 91.0 Å². The molecule has 2 heterocycles. The molecule has 53 heavy (non-hydrogen) atoms. The van der Waals surface area contributed by atoms with Crippen molar-refractivity contribution in [3.05, 3.63) is 216 Å². The second kappa shape index (κ2) is 13.1. The summed E-state index contributed by atoms with van der Waals surface area (Å²) in [6.45, 7) is 0. The van der Waals surface area contributed by atoms with E-state index in [1.54, 1.807) is 24.8 Å². The van der Waals surface area contributed by atoms with Gasteiger partial charge in [0.15, 0.2) is 0 Å². The van der Waals surface area contributed by atoms with Gasteiger partial charge in [0.2, 0.25) is 0 Å². The van der Waals surface area contributed by atoms with Crippen molar-refractivity contribution in [1.29, 1.82) is 10.5 Å². The third-order valence-corrected chi connectivity index (χ3v) is 10.4. The Hall–Kier alpha value is -7.40. The summed E-state index contributed by atoms with van der Waals surface area (Å²) < 4.78 is 0. The number of hydrogen-bond donors (Lipinski definition) is 0. The quantitative estimate of drug-likeness (QED) is 0.176. The third-order valence-electron chi connectivity index (χ3n) is 10.4. The molecule has 0 fully saturated rings. The van der Waals surface area contributed by atoms with Crippen LogP contribution in [-0.4, -0.2) is 9.97 Å². The van der Waals surface area contributed by atoms with Crippen LogP contribution in [-0.2, 0) is 5.41 Å². The second-order valence-corrected chi connectivity index (χ2v) is 13.3. The molecule has 0 radical (unpaired) electrons. The lowest BCUT2D eigenvalue weighted by atomic mass is 9.67. The van der Waals surface area contributed by atoms with E-state index in [1.807, 2.05) is 12.1 Å². The highest BCUT2D eigenvalue weighted by atomic mass is 14.6. The number of benzene rings is 6. The number of fused-ring (bicyclic) bond motifs is 3. The zero-order valence-corrected chi connectivity index (χ0v) is 28.6. The molecule has 0 bridgehead atoms. The molecule has 6 aromatic carbocycles. The van der Waals surface area contributed by atoms with Crippen molar-refractivity contribution in [2.24, 2.45) is 0 Å². The van der Waals surface area contributed by atoms with Gasteiger partial charge in [-0.1, -0.05) is 133 Å². The Morgan fingerprint density at radius 3 is 1.09 bits per heavy atom. The van der Waals surface area contributed by atoms with Crippen LogP contribution in [0.25, 0.3) is 55.6 Å². The highest BCUT2D eigenvalue weighted by Gasteiger charge is 2.46. The summed E-state index contributed by atoms with van der Waals surface area (Å²) in [7, 11) is 0. The largest absolute Gasteiger partial charge is 0.263 e. The average molecular weight is 675 g/mol. The molecule has 0 unspecified atom stereocenters. The van der Waals surface area contributed by atoms with Crippen LogP contribution < -0.4 is 0 Å². The lowest BCUT2D eigenvalue weighted by molar-refractivity contribution is 0.769. The molecule has 0 aliphatic heterocycles. The minimum Gasteiger partial charge on any atom is -0.263 e. The van der Waals surface area contributed by atoms with E-state index in [9.17, 15) is 10.5 Å². The monoisotopic (exact) mass is 674 g/mol. The van der Waals surface area contributed by atoms with Crippen LogP contribution in [0.3, 0.4) is 0 Å². The number of nitrogens with zero attached hydrogens (tertiary/aromatic N) is 4. The van der Waals surface area contributed by atoms with Crippen LogP contribution in [0.2, 0.25) is 0 Å². The molecule has 1 aliphatic carbocycles. The SMILES string of the molecule is N#Cc1cncc(-c2ccc(-c3ccc4c(c3)C(c3ccccc3)(c3ccccc3)c3cc(-c5ccc(-c6cncc(C#N)c6)cc5)ccc3-4)cc2)c1. The topological polar surface area (TPSA) is 73.4 Å². The summed E-state index contributed by atoms with van der Waals surface area (Å²) in [6, 6.07) is 60.6. The molecule has 246 valence electrons. The van der Waals surface area contributed by atoms with Crippen molar-refractivity contribution in [3.63, 3.8) is 0 Å². The third kappa shape index (κ3) is 5.38. The number of hydrogen-bond acceptors (Lipinski definition) is 4. The molecule has 0 N–H and O–H groups in total. The fourth-order valence-corrected chi connectivity index (χ4v) is 7.88. The Bertz CT molecular complexity index is 2530. The van der Waals surface area contributed by atoms with Crippen LogP contribution in [0, 0.1) is 22.7 Å². The number of nitriles is 2. The van der Waals surface area contributed by atoms with E-state index in [0.717, 1.165) is 44.5 Å². The van der Waals surface area contributed by atoms with Crippen molar-refractivity contribution >= 4 is 0 Å². The van der Waals surface area contributed by atoms with Gasteiger partial charge in [0.05, 0.1) is 16.5 Å². The molecular formula is C49H30N4. The smallest absolute Gasteiger partial charge is 0.101 e. The molecule has 0 saturated heterocycles. The van der Waals surface area contributed by atoms with E-state index < -0.39 is 5.41 Å². The van der Waals surface area contributed by atoms with E-state index in [2.05, 4.69) is 168 Å². The number of pyridine rings is 2. The van der Waals surface area contributed by atoms with Gasteiger partial charge >= 0.3 is 0 Å². The molecule has 9 rings (SSSR count). The summed E-state index contributed by atoms with van der Waals surface area (Å²) in [5.74, 6) is 0. The summed E-state index contributed by atoms with van der Waals surface area (Å²) in [5.41, 5.74) is 16.2. The molecule has 4 nitrogen and oxygen atoms in total. The second-order valence-electron chi connectivity index (χ2n) is 13.3. The predicted octanol–water partition coefficient (Wildman–Crippen LogP) is 11.3. The van der Waals surface area contributed by atoms with Gasteiger partial charge in [0.25, 0.3) is 0 Å². The van der Waals surface area contributed by atoms with Crippen molar-refractivity contribution in [2.45, 2.75) is 5.41 Å². The zero-order valence-electron chi connectivity index (χ0n) is 28.6. The van der Waals surface area contributed by atoms with Crippen molar-refractivity contribution in [3.8, 4) is 67.8 Å². The Kier molecular flexibility index (Phi) is 7.77. The molecule has 0 saturated carbocycles. The molecule has 0 atom stereocenters. The number of aromatic nitrogens is 2. The van der Waals surface area contributed by atoms with Crippen molar-refractivity contribution in [2.75, 3.05) is 0 Å². The molecule has 0 amide bonds. The standard InChI is InChI=1S/C49H30N4/c50-27-33-23-41(31-52-29-33)37-15-11-35(12-16-37)39-19-21-45-46-22-20-40(36-13-17-38(18-14-36)42-24-34(28-51)30-53-32-42)26-48(46)49(47(45)25-39,43-7-3-1-4-8-43)44-9-5-2-6-10-44/h1-26,29-32H. The first-order chi connectivity index (χ1) is 26.1. The van der Waals surface area contributed by atoms with Crippen LogP contribution >= 0.6 is 0 Å². The van der Waals surface area contributed by atoms with Crippen LogP contribution in [0.15, 0.2) is 183 Å². The van der Waals surface area contributed by atoms with Gasteiger partial charge in [0.1, 0.15) is 12.1 Å². The Labute approximate surface area is 308 Å². The molecule has 2 aromatic heterocycles. The van der Waals surface area contributed by atoms with Crippen LogP contribution in [0.5, 0.6) is 0 Å². The van der Waals surface area contributed by atoms with Crippen molar-refractivity contribution < 1.29 is 0 Å². The fourth-order valence-electron chi connectivity index (χ4n) is 7.88. The van der Waals surface area contributed by atoms with Gasteiger partial charge in [0, 0.05) is 35.9 Å². The van der Waals surface area contributed by atoms with E-state index in [1.165, 1.54) is 33.4 Å². The van der Waals surface area contributed by atoms with Crippen LogP contribution in [0.1, 0.15) is 33.4 Å². The molecule has 8 aromatic rings. The minimum atomic E-state index is -0.564. The Balaban J connectivity index is 1.19. The summed E-state index contributed by atoms with van der Waals surface area (Å²) in [4.78, 5) is 8.52.